The van der Waals surface area contributed by atoms with Gasteiger partial charge in [-0.1, -0.05) is 36.4 Å². The summed E-state index contributed by atoms with van der Waals surface area (Å²) in [5.74, 6) is -1.60. The van der Waals surface area contributed by atoms with Crippen molar-refractivity contribution in [2.24, 2.45) is 0 Å². The molecule has 0 aliphatic heterocycles. The highest BCUT2D eigenvalue weighted by atomic mass is 19.1. The SMILES string of the molecule is CCN(Cc1ccccc1)C(=O)c1ccc(Nc2c(F)cccc2F)cn1. The highest BCUT2D eigenvalue weighted by molar-refractivity contribution is 5.92. The number of aromatic nitrogens is 1. The van der Waals surface area contributed by atoms with Crippen molar-refractivity contribution in [3.63, 3.8) is 0 Å². The Morgan fingerprint density at radius 2 is 1.70 bits per heavy atom. The number of amides is 1. The molecular formula is C21H19F2N3O. The molecule has 0 unspecified atom stereocenters. The predicted molar refractivity (Wildman–Crippen MR) is 101 cm³/mol. The minimum Gasteiger partial charge on any atom is -0.349 e. The van der Waals surface area contributed by atoms with Gasteiger partial charge in [0, 0.05) is 13.1 Å². The van der Waals surface area contributed by atoms with E-state index in [1.165, 1.54) is 30.5 Å². The molecule has 27 heavy (non-hydrogen) atoms. The zero-order chi connectivity index (χ0) is 19.2. The van der Waals surface area contributed by atoms with Crippen LogP contribution in [-0.2, 0) is 6.54 Å². The second-order valence-electron chi connectivity index (χ2n) is 5.96. The number of nitrogens with zero attached hydrogens (tertiary/aromatic N) is 2. The number of anilines is 2. The van der Waals surface area contributed by atoms with Crippen LogP contribution in [0.3, 0.4) is 0 Å². The van der Waals surface area contributed by atoms with Gasteiger partial charge < -0.3 is 10.2 Å². The van der Waals surface area contributed by atoms with E-state index in [4.69, 9.17) is 0 Å². The van der Waals surface area contributed by atoms with Crippen LogP contribution in [0.2, 0.25) is 0 Å². The molecule has 0 radical (unpaired) electrons. The van der Waals surface area contributed by atoms with Gasteiger partial charge in [-0.15, -0.1) is 0 Å². The van der Waals surface area contributed by atoms with Crippen molar-refractivity contribution in [1.29, 1.82) is 0 Å². The molecule has 0 saturated carbocycles. The molecule has 138 valence electrons. The summed E-state index contributed by atoms with van der Waals surface area (Å²) in [5, 5.41) is 2.65. The van der Waals surface area contributed by atoms with E-state index < -0.39 is 11.6 Å². The summed E-state index contributed by atoms with van der Waals surface area (Å²) in [4.78, 5) is 18.5. The molecule has 3 aromatic rings. The van der Waals surface area contributed by atoms with Gasteiger partial charge in [0.25, 0.3) is 5.91 Å². The second kappa shape index (κ2) is 8.40. The minimum absolute atomic E-state index is 0.204. The summed E-state index contributed by atoms with van der Waals surface area (Å²) in [5.41, 5.74) is 1.44. The molecule has 0 saturated heterocycles. The maximum atomic E-state index is 13.7. The van der Waals surface area contributed by atoms with Crippen molar-refractivity contribution < 1.29 is 13.6 Å². The van der Waals surface area contributed by atoms with E-state index in [0.29, 0.717) is 18.8 Å². The molecule has 0 aliphatic rings. The largest absolute Gasteiger partial charge is 0.349 e. The topological polar surface area (TPSA) is 45.2 Å². The van der Waals surface area contributed by atoms with Crippen LogP contribution in [0, 0.1) is 11.6 Å². The number of pyridine rings is 1. The Labute approximate surface area is 156 Å². The van der Waals surface area contributed by atoms with Crippen molar-refractivity contribution >= 4 is 17.3 Å². The van der Waals surface area contributed by atoms with E-state index in [1.54, 1.807) is 11.0 Å². The monoisotopic (exact) mass is 367 g/mol. The number of hydrogen-bond donors (Lipinski definition) is 1. The number of nitrogens with one attached hydrogen (secondary N) is 1. The van der Waals surface area contributed by atoms with Crippen LogP contribution in [-0.4, -0.2) is 22.3 Å². The average Bonchev–Trinajstić information content (AvgIpc) is 2.70. The molecule has 3 rings (SSSR count). The summed E-state index contributed by atoms with van der Waals surface area (Å²) in [6, 6.07) is 16.4. The first kappa shape index (κ1) is 18.5. The number of carbonyl (C=O) groups is 1. The summed E-state index contributed by atoms with van der Waals surface area (Å²) in [7, 11) is 0. The predicted octanol–water partition coefficient (Wildman–Crippen LogP) is 4.77. The Morgan fingerprint density at radius 1 is 1.00 bits per heavy atom. The lowest BCUT2D eigenvalue weighted by Crippen LogP contribution is -2.30. The molecule has 0 aliphatic carbocycles. The fourth-order valence-corrected chi connectivity index (χ4v) is 2.65. The van der Waals surface area contributed by atoms with Gasteiger partial charge in [-0.25, -0.2) is 13.8 Å². The first-order valence-corrected chi connectivity index (χ1v) is 8.58. The smallest absolute Gasteiger partial charge is 0.272 e. The van der Waals surface area contributed by atoms with Crippen LogP contribution >= 0.6 is 0 Å². The first-order valence-electron chi connectivity index (χ1n) is 8.58. The number of para-hydroxylation sites is 1. The lowest BCUT2D eigenvalue weighted by atomic mass is 10.2. The van der Waals surface area contributed by atoms with Crippen LogP contribution in [0.15, 0.2) is 66.9 Å². The van der Waals surface area contributed by atoms with E-state index in [9.17, 15) is 13.6 Å². The third-order valence-electron chi connectivity index (χ3n) is 4.10. The van der Waals surface area contributed by atoms with Crippen LogP contribution in [0.5, 0.6) is 0 Å². The Hall–Kier alpha value is -3.28. The van der Waals surface area contributed by atoms with Crippen molar-refractivity contribution in [3.05, 3.63) is 89.8 Å². The molecule has 1 heterocycles. The summed E-state index contributed by atoms with van der Waals surface area (Å²) < 4.78 is 27.4. The third-order valence-corrected chi connectivity index (χ3v) is 4.10. The minimum atomic E-state index is -0.699. The van der Waals surface area contributed by atoms with E-state index in [1.807, 2.05) is 37.3 Å². The Kier molecular flexibility index (Phi) is 5.76. The summed E-state index contributed by atoms with van der Waals surface area (Å²) in [6.07, 6.45) is 1.38. The van der Waals surface area contributed by atoms with Gasteiger partial charge in [-0.2, -0.15) is 0 Å². The molecule has 1 N–H and O–H groups in total. The highest BCUT2D eigenvalue weighted by Crippen LogP contribution is 2.23. The van der Waals surface area contributed by atoms with Gasteiger partial charge in [0.05, 0.1) is 11.9 Å². The van der Waals surface area contributed by atoms with Gasteiger partial charge in [-0.05, 0) is 36.8 Å². The second-order valence-corrected chi connectivity index (χ2v) is 5.96. The first-order chi connectivity index (χ1) is 13.1. The standard InChI is InChI=1S/C21H19F2N3O/c1-2-26(14-15-7-4-3-5-8-15)21(27)19-12-11-16(13-24-19)25-20-17(22)9-6-10-18(20)23/h3-13,25H,2,14H2,1H3. The zero-order valence-electron chi connectivity index (χ0n) is 14.8. The molecule has 0 bridgehead atoms. The molecule has 0 spiro atoms. The number of hydrogen-bond acceptors (Lipinski definition) is 3. The van der Waals surface area contributed by atoms with Crippen LogP contribution < -0.4 is 5.32 Å². The summed E-state index contributed by atoms with van der Waals surface area (Å²) >= 11 is 0. The van der Waals surface area contributed by atoms with Crippen LogP contribution in [0.1, 0.15) is 23.0 Å². The molecule has 2 aromatic carbocycles. The van der Waals surface area contributed by atoms with Gasteiger partial charge in [0.2, 0.25) is 0 Å². The van der Waals surface area contributed by atoms with E-state index >= 15 is 0 Å². The highest BCUT2D eigenvalue weighted by Gasteiger charge is 2.16. The average molecular weight is 367 g/mol. The fourth-order valence-electron chi connectivity index (χ4n) is 2.65. The van der Waals surface area contributed by atoms with E-state index in [2.05, 4.69) is 10.3 Å². The van der Waals surface area contributed by atoms with E-state index in [-0.39, 0.29) is 17.3 Å². The van der Waals surface area contributed by atoms with Crippen LogP contribution in [0.4, 0.5) is 20.2 Å². The van der Waals surface area contributed by atoms with Crippen molar-refractivity contribution in [1.82, 2.24) is 9.88 Å². The Bertz CT molecular complexity index is 894. The molecule has 4 nitrogen and oxygen atoms in total. The number of benzene rings is 2. The van der Waals surface area contributed by atoms with Crippen LogP contribution in [0.25, 0.3) is 0 Å². The number of rotatable bonds is 6. The molecular weight excluding hydrogens is 348 g/mol. The molecule has 1 aromatic heterocycles. The van der Waals surface area contributed by atoms with Crippen molar-refractivity contribution in [2.45, 2.75) is 13.5 Å². The van der Waals surface area contributed by atoms with Gasteiger partial charge in [-0.3, -0.25) is 4.79 Å². The van der Waals surface area contributed by atoms with Gasteiger partial charge >= 0.3 is 0 Å². The molecule has 6 heteroatoms. The number of carbonyl (C=O) groups excluding carboxylic acids is 1. The lowest BCUT2D eigenvalue weighted by Gasteiger charge is -2.20. The maximum absolute atomic E-state index is 13.7. The van der Waals surface area contributed by atoms with E-state index in [0.717, 1.165) is 5.56 Å². The van der Waals surface area contributed by atoms with Crippen molar-refractivity contribution in [3.8, 4) is 0 Å². The molecule has 0 fully saturated rings. The van der Waals surface area contributed by atoms with Gasteiger partial charge in [0.15, 0.2) is 0 Å². The quantitative estimate of drug-likeness (QED) is 0.683. The lowest BCUT2D eigenvalue weighted by molar-refractivity contribution is 0.0746. The Morgan fingerprint density at radius 3 is 2.30 bits per heavy atom. The van der Waals surface area contributed by atoms with Gasteiger partial charge in [0.1, 0.15) is 23.0 Å². The molecule has 0 atom stereocenters. The zero-order valence-corrected chi connectivity index (χ0v) is 14.8. The fraction of sp³-hybridized carbons (Fsp3) is 0.143. The summed E-state index contributed by atoms with van der Waals surface area (Å²) in [6.45, 7) is 2.92. The third kappa shape index (κ3) is 4.47. The van der Waals surface area contributed by atoms with Crippen molar-refractivity contribution in [2.75, 3.05) is 11.9 Å². The number of halogens is 2. The maximum Gasteiger partial charge on any atom is 0.272 e. The normalized spacial score (nSPS) is 10.5. The Balaban J connectivity index is 1.73. The molecule has 1 amide bonds.